The summed E-state index contributed by atoms with van der Waals surface area (Å²) in [5.41, 5.74) is 1.24. The molecule has 4 rings (SSSR count). The summed E-state index contributed by atoms with van der Waals surface area (Å²) in [7, 11) is 3.54. The van der Waals surface area contributed by atoms with Gasteiger partial charge in [-0.15, -0.1) is 0 Å². The highest BCUT2D eigenvalue weighted by molar-refractivity contribution is 5.90. The van der Waals surface area contributed by atoms with Gasteiger partial charge in [-0.05, 0) is 69.8 Å². The number of pyridine rings is 1. The lowest BCUT2D eigenvalue weighted by atomic mass is 9.83. The van der Waals surface area contributed by atoms with Crippen molar-refractivity contribution in [1.82, 2.24) is 20.5 Å². The molecule has 1 aliphatic heterocycles. The lowest BCUT2D eigenvalue weighted by Gasteiger charge is -2.35. The Balaban J connectivity index is 0.00000253. The molecule has 36 heavy (non-hydrogen) atoms. The van der Waals surface area contributed by atoms with Crippen LogP contribution >= 0.6 is 0 Å². The fourth-order valence-corrected chi connectivity index (χ4v) is 5.43. The summed E-state index contributed by atoms with van der Waals surface area (Å²) in [5.74, 6) is 0.287. The van der Waals surface area contributed by atoms with Crippen molar-refractivity contribution < 1.29 is 16.8 Å². The fourth-order valence-electron chi connectivity index (χ4n) is 5.43. The molecule has 198 valence electrons. The van der Waals surface area contributed by atoms with Gasteiger partial charge in [0.1, 0.15) is 17.7 Å². The Kier molecular flexibility index (Phi) is 8.56. The number of likely N-dealkylation sites (N-methyl/N-ethyl adjacent to an activating group) is 1. The lowest BCUT2D eigenvalue weighted by molar-refractivity contribution is -0.139. The number of nitrogens with zero attached hydrogens (tertiary/aromatic N) is 3. The molecule has 0 radical (unpaired) electrons. The first kappa shape index (κ1) is 26.1. The number of hydrogen-bond acceptors (Lipinski definition) is 5. The summed E-state index contributed by atoms with van der Waals surface area (Å²) in [6.45, 7) is 2.44. The van der Waals surface area contributed by atoms with E-state index in [4.69, 9.17) is 4.98 Å². The van der Waals surface area contributed by atoms with Crippen molar-refractivity contribution in [3.05, 3.63) is 54.0 Å². The zero-order valence-corrected chi connectivity index (χ0v) is 21.5. The number of rotatable bonds is 8. The van der Waals surface area contributed by atoms with Gasteiger partial charge in [0.15, 0.2) is 0 Å². The van der Waals surface area contributed by atoms with E-state index < -0.39 is 6.04 Å². The number of benzene rings is 1. The van der Waals surface area contributed by atoms with E-state index in [-0.39, 0.29) is 38.5 Å². The zero-order chi connectivity index (χ0) is 25.7. The molecule has 2 aromatic rings. The minimum Gasteiger partial charge on any atom is -0.343 e. The van der Waals surface area contributed by atoms with Crippen LogP contribution in [0.15, 0.2) is 42.5 Å². The summed E-state index contributed by atoms with van der Waals surface area (Å²) in [4.78, 5) is 35.2. The van der Waals surface area contributed by atoms with Gasteiger partial charge in [0.25, 0.3) is 0 Å². The zero-order valence-electron chi connectivity index (χ0n) is 21.5. The topological polar surface area (TPSA) is 77.6 Å². The number of para-hydroxylation sites is 1. The normalized spacial score (nSPS) is 20.1. The molecule has 0 unspecified atom stereocenters. The molecular weight excluding hydrogens is 457 g/mol. The van der Waals surface area contributed by atoms with Gasteiger partial charge in [-0.1, -0.05) is 37.5 Å². The maximum absolute atomic E-state index is 14.4. The summed E-state index contributed by atoms with van der Waals surface area (Å²) in [6, 6.07) is 11.2. The van der Waals surface area contributed by atoms with Crippen molar-refractivity contribution in [1.29, 1.82) is 0 Å². The second kappa shape index (κ2) is 11.8. The van der Waals surface area contributed by atoms with Crippen LogP contribution in [0.3, 0.4) is 0 Å². The van der Waals surface area contributed by atoms with Crippen molar-refractivity contribution in [2.75, 3.05) is 25.5 Å². The minimum atomic E-state index is -0.529. The predicted octanol–water partition coefficient (Wildman–Crippen LogP) is 4.82. The van der Waals surface area contributed by atoms with Crippen molar-refractivity contribution in [3.63, 3.8) is 0 Å². The van der Waals surface area contributed by atoms with Crippen LogP contribution in [0.2, 0.25) is 0 Å². The molecule has 3 atom stereocenters. The Labute approximate surface area is 216 Å². The summed E-state index contributed by atoms with van der Waals surface area (Å²) in [5, 5.41) is 6.05. The van der Waals surface area contributed by atoms with Gasteiger partial charge in [0, 0.05) is 16.4 Å². The van der Waals surface area contributed by atoms with Crippen LogP contribution in [0.4, 0.5) is 15.9 Å². The van der Waals surface area contributed by atoms with E-state index in [0.29, 0.717) is 18.1 Å². The van der Waals surface area contributed by atoms with E-state index in [1.54, 1.807) is 44.1 Å². The molecule has 1 aromatic carbocycles. The molecule has 7 nitrogen and oxygen atoms in total. The van der Waals surface area contributed by atoms with Crippen LogP contribution in [0.1, 0.15) is 66.5 Å². The second-order valence-corrected chi connectivity index (χ2v) is 10.0. The maximum Gasteiger partial charge on any atom is 0.246 e. The monoisotopic (exact) mass is 499 g/mol. The van der Waals surface area contributed by atoms with Crippen molar-refractivity contribution in [3.8, 4) is 0 Å². The number of hydrogen-bond donors (Lipinski definition) is 2. The third kappa shape index (κ3) is 5.69. The number of likely N-dealkylation sites (tertiary alicyclic amines) is 1. The summed E-state index contributed by atoms with van der Waals surface area (Å²) < 4.78 is 14.4. The number of nitrogens with one attached hydrogen (secondary N) is 2. The molecule has 0 spiro atoms. The van der Waals surface area contributed by atoms with Crippen LogP contribution in [-0.4, -0.2) is 54.4 Å². The van der Waals surface area contributed by atoms with E-state index in [1.165, 1.54) is 12.5 Å². The Morgan fingerprint density at radius 1 is 1.08 bits per heavy atom. The van der Waals surface area contributed by atoms with Crippen molar-refractivity contribution in [2.45, 2.75) is 70.0 Å². The van der Waals surface area contributed by atoms with Gasteiger partial charge in [0.2, 0.25) is 11.8 Å². The molecule has 1 saturated heterocycles. The molecule has 2 amide bonds. The van der Waals surface area contributed by atoms with E-state index in [2.05, 4.69) is 10.6 Å². The van der Waals surface area contributed by atoms with E-state index in [9.17, 15) is 14.0 Å². The maximum atomic E-state index is 14.4. The van der Waals surface area contributed by atoms with E-state index in [1.807, 2.05) is 23.1 Å². The average molecular weight is 500 g/mol. The largest absolute Gasteiger partial charge is 0.343 e. The predicted molar refractivity (Wildman–Crippen MR) is 144 cm³/mol. The van der Waals surface area contributed by atoms with Crippen molar-refractivity contribution in [2.24, 2.45) is 5.92 Å². The number of anilines is 2. The molecule has 8 heteroatoms. The van der Waals surface area contributed by atoms with Crippen LogP contribution in [0.25, 0.3) is 0 Å². The van der Waals surface area contributed by atoms with Crippen LogP contribution in [0.5, 0.6) is 0 Å². The van der Waals surface area contributed by atoms with Crippen LogP contribution < -0.4 is 15.5 Å². The van der Waals surface area contributed by atoms with Gasteiger partial charge in [0.05, 0.1) is 23.5 Å². The Morgan fingerprint density at radius 2 is 1.83 bits per heavy atom. The third-order valence-electron chi connectivity index (χ3n) is 7.70. The molecule has 1 aromatic heterocycles. The Hall–Kier alpha value is -3.00. The fraction of sp³-hybridized carbons (Fsp3) is 0.536. The van der Waals surface area contributed by atoms with Crippen molar-refractivity contribution >= 4 is 23.3 Å². The smallest absolute Gasteiger partial charge is 0.246 e. The minimum absolute atomic E-state index is 0. The van der Waals surface area contributed by atoms with Crippen LogP contribution in [-0.2, 0) is 9.59 Å². The number of carbonyl (C=O) groups is 2. The van der Waals surface area contributed by atoms with Gasteiger partial charge in [-0.3, -0.25) is 9.59 Å². The van der Waals surface area contributed by atoms with Gasteiger partial charge < -0.3 is 20.4 Å². The Morgan fingerprint density at radius 3 is 2.56 bits per heavy atom. The second-order valence-electron chi connectivity index (χ2n) is 10.0. The van der Waals surface area contributed by atoms with Crippen LogP contribution in [0, 0.1) is 11.7 Å². The van der Waals surface area contributed by atoms with E-state index >= 15 is 0 Å². The molecule has 2 heterocycles. The average Bonchev–Trinajstić information content (AvgIpc) is 3.41. The third-order valence-corrected chi connectivity index (χ3v) is 7.70. The first-order chi connectivity index (χ1) is 17.4. The quantitative estimate of drug-likeness (QED) is 0.545. The number of amides is 2. The number of carbonyl (C=O) groups excluding carboxylic acids is 2. The first-order valence-electron chi connectivity index (χ1n) is 13.1. The molecule has 0 bridgehead atoms. The van der Waals surface area contributed by atoms with Gasteiger partial charge in [-0.25, -0.2) is 9.37 Å². The molecule has 1 saturated carbocycles. The number of halogens is 1. The molecule has 2 N–H and O–H groups in total. The molecule has 1 aliphatic carbocycles. The lowest BCUT2D eigenvalue weighted by Crippen LogP contribution is -2.55. The van der Waals surface area contributed by atoms with Gasteiger partial charge >= 0.3 is 0 Å². The summed E-state index contributed by atoms with van der Waals surface area (Å²) in [6.07, 6.45) is 6.93. The molecule has 2 fully saturated rings. The highest BCUT2D eigenvalue weighted by Gasteiger charge is 2.39. The number of aromatic nitrogens is 1. The summed E-state index contributed by atoms with van der Waals surface area (Å²) >= 11 is 0. The highest BCUT2D eigenvalue weighted by Crippen LogP contribution is 2.35. The molecular formula is C28H42FN5O2. The molecule has 2 aliphatic rings. The Bertz CT molecular complexity index is 1070. The van der Waals surface area contributed by atoms with E-state index in [0.717, 1.165) is 44.2 Å². The first-order valence-corrected chi connectivity index (χ1v) is 13.1. The highest BCUT2D eigenvalue weighted by atomic mass is 19.1. The van der Waals surface area contributed by atoms with Gasteiger partial charge in [-0.2, -0.15) is 0 Å². The standard InChI is InChI=1S/C28H38FN5O2.2H2/c1-19(30-2)27(35)32-26(20-11-5-4-6-12-20)28(36)34-18-10-16-24(34)22-14-9-17-25(31-22)33(3)23-15-8-7-13-21(23)29;;/h7-9,13-15,17,19-20,24,26,30H,4-6,10-12,16,18H2,1-3H3,(H,32,35);2*1H/t19-,24+,26-;;/m0../s1. The SMILES string of the molecule is CN[C@@H](C)C(=O)N[C@H](C(=O)N1CCC[C@@H]1c1cccc(N(C)c2ccccc2F)n1)C1CCCCC1.[HH].[HH].